The quantitative estimate of drug-likeness (QED) is 0.814. The van der Waals surface area contributed by atoms with Gasteiger partial charge in [-0.2, -0.15) is 0 Å². The Kier molecular flexibility index (Phi) is 4.98. The highest BCUT2D eigenvalue weighted by molar-refractivity contribution is 7.89. The molecule has 20 heavy (non-hydrogen) atoms. The van der Waals surface area contributed by atoms with Crippen molar-refractivity contribution in [1.29, 1.82) is 0 Å². The molecule has 1 aromatic rings. The lowest BCUT2D eigenvalue weighted by molar-refractivity contribution is 0.0774. The van der Waals surface area contributed by atoms with Gasteiger partial charge >= 0.3 is 0 Å². The zero-order valence-electron chi connectivity index (χ0n) is 10.6. The van der Waals surface area contributed by atoms with Crippen LogP contribution in [0.15, 0.2) is 23.1 Å². The molecule has 2 rings (SSSR count). The van der Waals surface area contributed by atoms with Crippen molar-refractivity contribution in [2.75, 3.05) is 13.2 Å². The molecule has 5 nitrogen and oxygen atoms in total. The van der Waals surface area contributed by atoms with E-state index in [1.807, 2.05) is 0 Å². The van der Waals surface area contributed by atoms with Crippen molar-refractivity contribution in [2.45, 2.75) is 23.8 Å². The first kappa shape index (κ1) is 15.7. The molecule has 0 spiro atoms. The van der Waals surface area contributed by atoms with Crippen LogP contribution in [0.4, 0.5) is 0 Å². The topological polar surface area (TPSA) is 81.4 Å². The summed E-state index contributed by atoms with van der Waals surface area (Å²) in [6.07, 6.45) is 1.57. The molecule has 0 bridgehead atoms. The maximum absolute atomic E-state index is 12.4. The molecule has 1 aliphatic heterocycles. The Morgan fingerprint density at radius 3 is 2.85 bits per heavy atom. The fraction of sp³-hybridized carbons (Fsp3) is 0.417. The SMILES string of the molecule is NC(=S)c1ccc(Cl)c(S(=O)(=O)NC2CCCOC2)c1. The summed E-state index contributed by atoms with van der Waals surface area (Å²) in [5.74, 6) is 0. The third-order valence-electron chi connectivity index (χ3n) is 2.99. The minimum atomic E-state index is -3.72. The van der Waals surface area contributed by atoms with Crippen LogP contribution in [0.3, 0.4) is 0 Å². The first-order valence-electron chi connectivity index (χ1n) is 6.09. The van der Waals surface area contributed by atoms with E-state index in [2.05, 4.69) is 4.72 Å². The Labute approximate surface area is 128 Å². The van der Waals surface area contributed by atoms with Crippen LogP contribution in [0.25, 0.3) is 0 Å². The molecule has 1 saturated heterocycles. The second kappa shape index (κ2) is 6.36. The highest BCUT2D eigenvalue weighted by atomic mass is 35.5. The lowest BCUT2D eigenvalue weighted by atomic mass is 10.1. The lowest BCUT2D eigenvalue weighted by Gasteiger charge is -2.23. The van der Waals surface area contributed by atoms with Crippen molar-refractivity contribution >= 4 is 38.8 Å². The van der Waals surface area contributed by atoms with Crippen molar-refractivity contribution in [1.82, 2.24) is 4.72 Å². The van der Waals surface area contributed by atoms with Crippen LogP contribution in [0.5, 0.6) is 0 Å². The van der Waals surface area contributed by atoms with Crippen molar-refractivity contribution in [3.8, 4) is 0 Å². The molecule has 3 N–H and O–H groups in total. The summed E-state index contributed by atoms with van der Waals surface area (Å²) in [4.78, 5) is 0.106. The van der Waals surface area contributed by atoms with Gasteiger partial charge in [0.15, 0.2) is 0 Å². The Balaban J connectivity index is 2.28. The number of rotatable bonds is 4. The number of benzene rings is 1. The highest BCUT2D eigenvalue weighted by Crippen LogP contribution is 2.23. The van der Waals surface area contributed by atoms with E-state index < -0.39 is 10.0 Å². The standard InChI is InChI=1S/C12H15ClN2O3S2/c13-10-4-3-8(12(14)19)6-11(10)20(16,17)15-9-2-1-5-18-7-9/h3-4,6,9,15H,1-2,5,7H2,(H2,14,19). The third kappa shape index (κ3) is 3.67. The molecule has 1 heterocycles. The molecule has 1 unspecified atom stereocenters. The van der Waals surface area contributed by atoms with Gasteiger partial charge in [0, 0.05) is 18.2 Å². The predicted octanol–water partition coefficient (Wildman–Crippen LogP) is 1.43. The van der Waals surface area contributed by atoms with Gasteiger partial charge in [0.25, 0.3) is 0 Å². The monoisotopic (exact) mass is 334 g/mol. The molecule has 0 amide bonds. The van der Waals surface area contributed by atoms with Crippen LogP contribution in [0.2, 0.25) is 5.02 Å². The summed E-state index contributed by atoms with van der Waals surface area (Å²) in [6, 6.07) is 4.21. The Bertz CT molecular complexity index is 613. The van der Waals surface area contributed by atoms with Gasteiger partial charge in [0.1, 0.15) is 9.88 Å². The first-order chi connectivity index (χ1) is 9.40. The number of hydrogen-bond donors (Lipinski definition) is 2. The number of nitrogens with two attached hydrogens (primary N) is 1. The maximum Gasteiger partial charge on any atom is 0.242 e. The van der Waals surface area contributed by atoms with E-state index in [9.17, 15) is 8.42 Å². The minimum Gasteiger partial charge on any atom is -0.389 e. The van der Waals surface area contributed by atoms with Gasteiger partial charge in [0.2, 0.25) is 10.0 Å². The fourth-order valence-corrected chi connectivity index (χ4v) is 3.89. The van der Waals surface area contributed by atoms with Gasteiger partial charge in [-0.3, -0.25) is 0 Å². The minimum absolute atomic E-state index is 0.0185. The van der Waals surface area contributed by atoms with E-state index >= 15 is 0 Å². The zero-order valence-corrected chi connectivity index (χ0v) is 13.0. The van der Waals surface area contributed by atoms with Crippen LogP contribution in [0.1, 0.15) is 18.4 Å². The van der Waals surface area contributed by atoms with Gasteiger partial charge in [-0.1, -0.05) is 29.9 Å². The highest BCUT2D eigenvalue weighted by Gasteiger charge is 2.24. The van der Waals surface area contributed by atoms with E-state index in [-0.39, 0.29) is 20.9 Å². The number of ether oxygens (including phenoxy) is 1. The van der Waals surface area contributed by atoms with Crippen molar-refractivity contribution in [2.24, 2.45) is 5.73 Å². The average molecular weight is 335 g/mol. The van der Waals surface area contributed by atoms with Crippen LogP contribution in [0, 0.1) is 0 Å². The molecule has 8 heteroatoms. The first-order valence-corrected chi connectivity index (χ1v) is 8.36. The van der Waals surface area contributed by atoms with Crippen LogP contribution in [-0.4, -0.2) is 32.7 Å². The maximum atomic E-state index is 12.4. The molecule has 110 valence electrons. The summed E-state index contributed by atoms with van der Waals surface area (Å²) in [5.41, 5.74) is 5.98. The fourth-order valence-electron chi connectivity index (χ4n) is 1.98. The lowest BCUT2D eigenvalue weighted by Crippen LogP contribution is -2.40. The van der Waals surface area contributed by atoms with E-state index in [0.29, 0.717) is 18.8 Å². The number of hydrogen-bond acceptors (Lipinski definition) is 4. The summed E-state index contributed by atoms with van der Waals surface area (Å²) in [7, 11) is -3.72. The Morgan fingerprint density at radius 1 is 1.50 bits per heavy atom. The molecule has 1 aliphatic rings. The molecule has 0 aromatic heterocycles. The summed E-state index contributed by atoms with van der Waals surface area (Å²) < 4.78 is 32.6. The van der Waals surface area contributed by atoms with Crippen LogP contribution in [-0.2, 0) is 14.8 Å². The summed E-state index contributed by atoms with van der Waals surface area (Å²) >= 11 is 10.8. The molecule has 0 radical (unpaired) electrons. The number of thiocarbonyl (C=S) groups is 1. The molecule has 1 aromatic carbocycles. The average Bonchev–Trinajstić information content (AvgIpc) is 2.39. The van der Waals surface area contributed by atoms with Gasteiger partial charge < -0.3 is 10.5 Å². The molecular weight excluding hydrogens is 320 g/mol. The molecule has 1 fully saturated rings. The van der Waals surface area contributed by atoms with Gasteiger partial charge in [0.05, 0.1) is 11.6 Å². The van der Waals surface area contributed by atoms with E-state index in [1.165, 1.54) is 12.1 Å². The third-order valence-corrected chi connectivity index (χ3v) is 5.23. The summed E-state index contributed by atoms with van der Waals surface area (Å²) in [6.45, 7) is 1.03. The number of sulfonamides is 1. The molecule has 0 aliphatic carbocycles. The zero-order chi connectivity index (χ0) is 14.8. The van der Waals surface area contributed by atoms with E-state index in [0.717, 1.165) is 12.8 Å². The van der Waals surface area contributed by atoms with Crippen molar-refractivity contribution in [3.63, 3.8) is 0 Å². The van der Waals surface area contributed by atoms with E-state index in [4.69, 9.17) is 34.3 Å². The smallest absolute Gasteiger partial charge is 0.242 e. The van der Waals surface area contributed by atoms with Crippen LogP contribution >= 0.6 is 23.8 Å². The van der Waals surface area contributed by atoms with Crippen molar-refractivity contribution in [3.05, 3.63) is 28.8 Å². The molecular formula is C12H15ClN2O3S2. The van der Waals surface area contributed by atoms with Gasteiger partial charge in [-0.25, -0.2) is 13.1 Å². The van der Waals surface area contributed by atoms with E-state index in [1.54, 1.807) is 6.07 Å². The van der Waals surface area contributed by atoms with Crippen LogP contribution < -0.4 is 10.5 Å². The number of halogens is 1. The normalized spacial score (nSPS) is 19.8. The second-order valence-electron chi connectivity index (χ2n) is 4.54. The second-order valence-corrected chi connectivity index (χ2v) is 7.07. The van der Waals surface area contributed by atoms with Gasteiger partial charge in [-0.15, -0.1) is 0 Å². The Hall–Kier alpha value is -0.730. The van der Waals surface area contributed by atoms with Gasteiger partial charge in [-0.05, 0) is 25.0 Å². The Morgan fingerprint density at radius 2 is 2.25 bits per heavy atom. The summed E-state index contributed by atoms with van der Waals surface area (Å²) in [5, 5.41) is 0.134. The molecule has 1 atom stereocenters. The van der Waals surface area contributed by atoms with Crippen molar-refractivity contribution < 1.29 is 13.2 Å². The number of nitrogens with one attached hydrogen (secondary N) is 1. The largest absolute Gasteiger partial charge is 0.389 e. The molecule has 0 saturated carbocycles. The predicted molar refractivity (Wildman–Crippen MR) is 81.5 cm³/mol.